The minimum atomic E-state index is 0.499. The Hall–Kier alpha value is -1.62. The first-order valence-corrected chi connectivity index (χ1v) is 5.94. The molecule has 0 spiro atoms. The van der Waals surface area contributed by atoms with Crippen molar-refractivity contribution in [2.75, 3.05) is 12.4 Å². The second-order valence-corrected chi connectivity index (χ2v) is 4.32. The Bertz CT molecular complexity index is 531. The molecule has 5 heteroatoms. The highest BCUT2D eigenvalue weighted by molar-refractivity contribution is 9.10. The minimum Gasteiger partial charge on any atom is -0.437 e. The molecule has 4 nitrogen and oxygen atoms in total. The Labute approximate surface area is 108 Å². The number of nitrogens with one attached hydrogen (secondary N) is 1. The molecule has 1 aromatic heterocycles. The molecule has 0 saturated heterocycles. The maximum atomic E-state index is 5.74. The van der Waals surface area contributed by atoms with E-state index in [2.05, 4.69) is 31.2 Å². The first-order chi connectivity index (χ1) is 8.20. The second kappa shape index (κ2) is 5.14. The zero-order valence-corrected chi connectivity index (χ0v) is 11.2. The zero-order valence-electron chi connectivity index (χ0n) is 9.57. The van der Waals surface area contributed by atoms with E-state index >= 15 is 0 Å². The largest absolute Gasteiger partial charge is 0.437 e. The van der Waals surface area contributed by atoms with E-state index in [4.69, 9.17) is 4.74 Å². The summed E-state index contributed by atoms with van der Waals surface area (Å²) in [6, 6.07) is 7.79. The fourth-order valence-electron chi connectivity index (χ4n) is 1.32. The van der Waals surface area contributed by atoms with Gasteiger partial charge >= 0.3 is 0 Å². The first kappa shape index (κ1) is 11.9. The average molecular weight is 294 g/mol. The van der Waals surface area contributed by atoms with Gasteiger partial charge in [0, 0.05) is 7.05 Å². The van der Waals surface area contributed by atoms with Crippen molar-refractivity contribution in [1.29, 1.82) is 0 Å². The van der Waals surface area contributed by atoms with Crippen LogP contribution in [-0.4, -0.2) is 17.0 Å². The van der Waals surface area contributed by atoms with Crippen molar-refractivity contribution >= 4 is 21.9 Å². The molecule has 0 unspecified atom stereocenters. The second-order valence-electron chi connectivity index (χ2n) is 3.46. The quantitative estimate of drug-likeness (QED) is 0.942. The number of ether oxygens (including phenoxy) is 1. The summed E-state index contributed by atoms with van der Waals surface area (Å²) in [6.07, 6.45) is 1.66. The highest BCUT2D eigenvalue weighted by Gasteiger charge is 2.08. The summed E-state index contributed by atoms with van der Waals surface area (Å²) in [5, 5.41) is 2.87. The number of aryl methyl sites for hydroxylation is 1. The van der Waals surface area contributed by atoms with E-state index in [1.54, 1.807) is 13.2 Å². The fraction of sp³-hybridized carbons (Fsp3) is 0.167. The molecular weight excluding hydrogens is 282 g/mol. The zero-order chi connectivity index (χ0) is 12.3. The molecule has 0 aliphatic rings. The lowest BCUT2D eigenvalue weighted by molar-refractivity contribution is 0.455. The smallest absolute Gasteiger partial charge is 0.238 e. The molecule has 0 amide bonds. The third-order valence-corrected chi connectivity index (χ3v) is 2.78. The predicted octanol–water partition coefficient (Wildman–Crippen LogP) is 3.38. The molecule has 2 rings (SSSR count). The number of anilines is 1. The highest BCUT2D eigenvalue weighted by Crippen LogP contribution is 2.29. The first-order valence-electron chi connectivity index (χ1n) is 5.14. The molecule has 0 bridgehead atoms. The monoisotopic (exact) mass is 293 g/mol. The molecular formula is C12H12BrN3O. The fourth-order valence-corrected chi connectivity index (χ4v) is 1.59. The summed E-state index contributed by atoms with van der Waals surface area (Å²) in [5.41, 5.74) is 1.06. The van der Waals surface area contributed by atoms with E-state index in [9.17, 15) is 0 Å². The number of rotatable bonds is 3. The number of benzene rings is 1. The Kier molecular flexibility index (Phi) is 3.58. The SMILES string of the molecule is CNc1ncc(Br)c(Oc2ccccc2C)n1. The molecule has 0 saturated carbocycles. The molecule has 88 valence electrons. The molecule has 0 fully saturated rings. The lowest BCUT2D eigenvalue weighted by Gasteiger charge is -2.09. The molecule has 1 N–H and O–H groups in total. The minimum absolute atomic E-state index is 0.499. The third-order valence-electron chi connectivity index (χ3n) is 2.24. The number of hydrogen-bond donors (Lipinski definition) is 1. The van der Waals surface area contributed by atoms with Crippen molar-refractivity contribution in [3.63, 3.8) is 0 Å². The van der Waals surface area contributed by atoms with Crippen LogP contribution in [0.2, 0.25) is 0 Å². The van der Waals surface area contributed by atoms with Gasteiger partial charge < -0.3 is 10.1 Å². The number of aromatic nitrogens is 2. The van der Waals surface area contributed by atoms with Crippen LogP contribution in [0.5, 0.6) is 11.6 Å². The van der Waals surface area contributed by atoms with Gasteiger partial charge in [0.05, 0.1) is 10.7 Å². The van der Waals surface area contributed by atoms with Crippen LogP contribution in [0.1, 0.15) is 5.56 Å². The van der Waals surface area contributed by atoms with Gasteiger partial charge in [-0.3, -0.25) is 0 Å². The van der Waals surface area contributed by atoms with E-state index in [0.717, 1.165) is 15.8 Å². The van der Waals surface area contributed by atoms with Crippen LogP contribution < -0.4 is 10.1 Å². The van der Waals surface area contributed by atoms with Crippen molar-refractivity contribution < 1.29 is 4.74 Å². The summed E-state index contributed by atoms with van der Waals surface area (Å²) < 4.78 is 6.47. The lowest BCUT2D eigenvalue weighted by Crippen LogP contribution is -1.99. The van der Waals surface area contributed by atoms with Crippen LogP contribution in [0.25, 0.3) is 0 Å². The summed E-state index contributed by atoms with van der Waals surface area (Å²) in [4.78, 5) is 8.31. The number of nitrogens with zero attached hydrogens (tertiary/aromatic N) is 2. The van der Waals surface area contributed by atoms with Crippen LogP contribution >= 0.6 is 15.9 Å². The Morgan fingerprint density at radius 1 is 1.29 bits per heavy atom. The van der Waals surface area contributed by atoms with Crippen LogP contribution in [-0.2, 0) is 0 Å². The number of hydrogen-bond acceptors (Lipinski definition) is 4. The van der Waals surface area contributed by atoms with E-state index < -0.39 is 0 Å². The molecule has 2 aromatic rings. The van der Waals surface area contributed by atoms with E-state index in [1.807, 2.05) is 31.2 Å². The summed E-state index contributed by atoms with van der Waals surface area (Å²) in [7, 11) is 1.76. The van der Waals surface area contributed by atoms with Gasteiger partial charge in [-0.25, -0.2) is 4.98 Å². The maximum Gasteiger partial charge on any atom is 0.238 e. The van der Waals surface area contributed by atoms with Gasteiger partial charge in [0.2, 0.25) is 11.8 Å². The van der Waals surface area contributed by atoms with Crippen molar-refractivity contribution in [3.8, 4) is 11.6 Å². The van der Waals surface area contributed by atoms with Gasteiger partial charge in [-0.05, 0) is 34.5 Å². The van der Waals surface area contributed by atoms with Crippen LogP contribution in [0, 0.1) is 6.92 Å². The third kappa shape index (κ3) is 2.74. The highest BCUT2D eigenvalue weighted by atomic mass is 79.9. The van der Waals surface area contributed by atoms with Crippen molar-refractivity contribution in [3.05, 3.63) is 40.5 Å². The summed E-state index contributed by atoms with van der Waals surface area (Å²) in [5.74, 6) is 1.81. The topological polar surface area (TPSA) is 47.0 Å². The lowest BCUT2D eigenvalue weighted by atomic mass is 10.2. The molecule has 0 radical (unpaired) electrons. The average Bonchev–Trinajstić information content (AvgIpc) is 2.35. The number of para-hydroxylation sites is 1. The summed E-state index contributed by atoms with van der Waals surface area (Å²) >= 11 is 3.36. The van der Waals surface area contributed by atoms with Gasteiger partial charge in [0.15, 0.2) is 0 Å². The van der Waals surface area contributed by atoms with Gasteiger partial charge in [-0.2, -0.15) is 4.98 Å². The van der Waals surface area contributed by atoms with Gasteiger partial charge in [0.25, 0.3) is 0 Å². The van der Waals surface area contributed by atoms with Crippen LogP contribution in [0.15, 0.2) is 34.9 Å². The molecule has 0 aliphatic heterocycles. The summed E-state index contributed by atoms with van der Waals surface area (Å²) in [6.45, 7) is 1.99. The van der Waals surface area contributed by atoms with Gasteiger partial charge in [-0.1, -0.05) is 18.2 Å². The number of halogens is 1. The molecule has 1 aromatic carbocycles. The normalized spacial score (nSPS) is 10.1. The van der Waals surface area contributed by atoms with Gasteiger partial charge in [-0.15, -0.1) is 0 Å². The molecule has 1 heterocycles. The van der Waals surface area contributed by atoms with Crippen molar-refractivity contribution in [2.45, 2.75) is 6.92 Å². The standard InChI is InChI=1S/C12H12BrN3O/c1-8-5-3-4-6-10(8)17-11-9(13)7-15-12(14-2)16-11/h3-7H,1-2H3,(H,14,15,16). The van der Waals surface area contributed by atoms with Crippen molar-refractivity contribution in [2.24, 2.45) is 0 Å². The van der Waals surface area contributed by atoms with E-state index in [1.165, 1.54) is 0 Å². The molecule has 0 aliphatic carbocycles. The van der Waals surface area contributed by atoms with Crippen molar-refractivity contribution in [1.82, 2.24) is 9.97 Å². The Morgan fingerprint density at radius 2 is 2.06 bits per heavy atom. The molecule has 17 heavy (non-hydrogen) atoms. The Balaban J connectivity index is 2.32. The van der Waals surface area contributed by atoms with Gasteiger partial charge in [0.1, 0.15) is 5.75 Å². The van der Waals surface area contributed by atoms with Crippen LogP contribution in [0.3, 0.4) is 0 Å². The molecule has 0 atom stereocenters. The van der Waals surface area contributed by atoms with E-state index in [-0.39, 0.29) is 0 Å². The van der Waals surface area contributed by atoms with E-state index in [0.29, 0.717) is 11.8 Å². The predicted molar refractivity (Wildman–Crippen MR) is 70.5 cm³/mol. The van der Waals surface area contributed by atoms with Crippen LogP contribution in [0.4, 0.5) is 5.95 Å². The Morgan fingerprint density at radius 3 is 2.76 bits per heavy atom. The maximum absolute atomic E-state index is 5.74.